The molecule has 0 spiro atoms. The molecule has 1 heterocycles. The van der Waals surface area contributed by atoms with Crippen LogP contribution in [0.15, 0.2) is 231 Å². The Bertz CT molecular complexity index is 3600. The molecule has 0 unspecified atom stereocenters. The second-order valence-corrected chi connectivity index (χ2v) is 17.7. The van der Waals surface area contributed by atoms with E-state index in [1.807, 2.05) is 18.2 Å². The molecule has 0 N–H and O–H groups in total. The molecule has 65 heavy (non-hydrogen) atoms. The average Bonchev–Trinajstić information content (AvgIpc) is 3.61. The Hall–Kier alpha value is -8.20. The molecule has 2 heteroatoms. The Morgan fingerprint density at radius 3 is 1.54 bits per heavy atom. The molecule has 0 saturated heterocycles. The van der Waals surface area contributed by atoms with Crippen molar-refractivity contribution in [3.63, 3.8) is 0 Å². The molecule has 0 amide bonds. The minimum absolute atomic E-state index is 0.100. The summed E-state index contributed by atoms with van der Waals surface area (Å²) in [6.45, 7) is 4.72. The molecule has 11 aromatic rings. The molecule has 0 atom stereocenters. The molecule has 12 rings (SSSR count). The predicted octanol–water partition coefficient (Wildman–Crippen LogP) is 16.8. The van der Waals surface area contributed by atoms with Crippen LogP contribution in [0.5, 0.6) is 0 Å². The van der Waals surface area contributed by atoms with Gasteiger partial charge in [-0.2, -0.15) is 0 Å². The van der Waals surface area contributed by atoms with Gasteiger partial charge in [0.2, 0.25) is 0 Å². The van der Waals surface area contributed by atoms with Gasteiger partial charge in [0.15, 0.2) is 5.82 Å². The first-order chi connectivity index (χ1) is 32.0. The summed E-state index contributed by atoms with van der Waals surface area (Å²) >= 11 is 0. The molecule has 1 aliphatic carbocycles. The van der Waals surface area contributed by atoms with Crippen molar-refractivity contribution in [1.82, 2.24) is 9.97 Å². The lowest BCUT2D eigenvalue weighted by Crippen LogP contribution is -2.14. The van der Waals surface area contributed by atoms with Crippen LogP contribution >= 0.6 is 0 Å². The fourth-order valence-electron chi connectivity index (χ4n) is 10.2. The molecule has 0 fully saturated rings. The van der Waals surface area contributed by atoms with Gasteiger partial charge in [-0.15, -0.1) is 0 Å². The monoisotopic (exact) mass is 828 g/mol. The van der Waals surface area contributed by atoms with E-state index in [4.69, 9.17) is 9.97 Å². The summed E-state index contributed by atoms with van der Waals surface area (Å²) in [5, 5.41) is 4.79. The highest BCUT2D eigenvalue weighted by Gasteiger charge is 2.35. The number of rotatable bonds is 7. The van der Waals surface area contributed by atoms with Crippen molar-refractivity contribution < 1.29 is 0 Å². The van der Waals surface area contributed by atoms with E-state index in [-0.39, 0.29) is 5.41 Å². The third-order valence-corrected chi connectivity index (χ3v) is 13.5. The normalized spacial score (nSPS) is 12.6. The second-order valence-electron chi connectivity index (χ2n) is 17.7. The van der Waals surface area contributed by atoms with Crippen molar-refractivity contribution >= 4 is 21.5 Å². The molecular formula is C63H44N2. The zero-order chi connectivity index (χ0) is 43.5. The third-order valence-electron chi connectivity index (χ3n) is 13.5. The number of benzene rings is 10. The van der Waals surface area contributed by atoms with Crippen LogP contribution in [-0.2, 0) is 5.41 Å². The van der Waals surface area contributed by atoms with E-state index in [0.29, 0.717) is 5.82 Å². The molecule has 1 aliphatic rings. The Morgan fingerprint density at radius 1 is 0.277 bits per heavy atom. The molecule has 0 saturated carbocycles. The molecule has 0 radical (unpaired) electrons. The largest absolute Gasteiger partial charge is 0.228 e. The Morgan fingerprint density at radius 2 is 0.769 bits per heavy atom. The van der Waals surface area contributed by atoms with Crippen LogP contribution in [0.4, 0.5) is 0 Å². The lowest BCUT2D eigenvalue weighted by molar-refractivity contribution is 0.660. The van der Waals surface area contributed by atoms with Crippen molar-refractivity contribution in [2.45, 2.75) is 19.3 Å². The van der Waals surface area contributed by atoms with Gasteiger partial charge in [-0.25, -0.2) is 9.97 Å². The summed E-state index contributed by atoms with van der Waals surface area (Å²) in [7, 11) is 0. The van der Waals surface area contributed by atoms with Crippen molar-refractivity contribution in [3.8, 4) is 89.5 Å². The highest BCUT2D eigenvalue weighted by molar-refractivity contribution is 6.06. The second kappa shape index (κ2) is 15.6. The van der Waals surface area contributed by atoms with Gasteiger partial charge in [0, 0.05) is 22.1 Å². The number of nitrogens with zero attached hydrogens (tertiary/aromatic N) is 2. The maximum atomic E-state index is 5.30. The predicted molar refractivity (Wildman–Crippen MR) is 273 cm³/mol. The van der Waals surface area contributed by atoms with Gasteiger partial charge >= 0.3 is 0 Å². The molecule has 0 aliphatic heterocycles. The van der Waals surface area contributed by atoms with Gasteiger partial charge in [-0.1, -0.05) is 214 Å². The van der Waals surface area contributed by atoms with Crippen molar-refractivity contribution in [3.05, 3.63) is 242 Å². The van der Waals surface area contributed by atoms with Gasteiger partial charge in [0.05, 0.1) is 11.4 Å². The number of aromatic nitrogens is 2. The summed E-state index contributed by atoms with van der Waals surface area (Å²) in [4.78, 5) is 10.5. The highest BCUT2D eigenvalue weighted by Crippen LogP contribution is 2.50. The van der Waals surface area contributed by atoms with Gasteiger partial charge in [-0.3, -0.25) is 0 Å². The maximum Gasteiger partial charge on any atom is 0.160 e. The van der Waals surface area contributed by atoms with E-state index in [0.717, 1.165) is 33.5 Å². The van der Waals surface area contributed by atoms with Crippen LogP contribution < -0.4 is 0 Å². The molecule has 0 bridgehead atoms. The van der Waals surface area contributed by atoms with Crippen LogP contribution in [0.1, 0.15) is 25.0 Å². The van der Waals surface area contributed by atoms with Gasteiger partial charge < -0.3 is 0 Å². The first kappa shape index (κ1) is 38.5. The third kappa shape index (κ3) is 6.74. The summed E-state index contributed by atoms with van der Waals surface area (Å²) in [5.41, 5.74) is 19.7. The van der Waals surface area contributed by atoms with Crippen LogP contribution in [0.2, 0.25) is 0 Å². The van der Waals surface area contributed by atoms with E-state index in [9.17, 15) is 0 Å². The number of fused-ring (bicyclic) bond motifs is 5. The van der Waals surface area contributed by atoms with E-state index in [2.05, 4.69) is 226 Å². The number of hydrogen-bond acceptors (Lipinski definition) is 2. The van der Waals surface area contributed by atoms with Gasteiger partial charge in [0.1, 0.15) is 0 Å². The van der Waals surface area contributed by atoms with E-state index in [1.54, 1.807) is 0 Å². The first-order valence-electron chi connectivity index (χ1n) is 22.5. The molecule has 2 nitrogen and oxygen atoms in total. The van der Waals surface area contributed by atoms with Crippen LogP contribution in [0, 0.1) is 0 Å². The van der Waals surface area contributed by atoms with Crippen molar-refractivity contribution in [2.24, 2.45) is 0 Å². The lowest BCUT2D eigenvalue weighted by Gasteiger charge is -2.22. The quantitative estimate of drug-likeness (QED) is 0.160. The SMILES string of the molecule is CC1(C)c2ccccc2-c2ccc(-c3cc(-c4cccc5ccccc45)cc(-c4ccc(-c5cc(-c6ccc(-c7ccccc7)cc6)nc(-c6ccccc6)n5)c5ccccc45)c3)cc21. The fraction of sp³-hybridized carbons (Fsp3) is 0.0476. The maximum absolute atomic E-state index is 5.30. The summed E-state index contributed by atoms with van der Waals surface area (Å²) in [6, 6.07) is 83.5. The topological polar surface area (TPSA) is 25.8 Å². The van der Waals surface area contributed by atoms with Crippen LogP contribution in [0.3, 0.4) is 0 Å². The molecule has 306 valence electrons. The zero-order valence-electron chi connectivity index (χ0n) is 36.3. The zero-order valence-corrected chi connectivity index (χ0v) is 36.3. The summed E-state index contributed by atoms with van der Waals surface area (Å²) in [6.07, 6.45) is 0. The highest BCUT2D eigenvalue weighted by atomic mass is 14.9. The Labute approximate surface area is 380 Å². The molecule has 1 aromatic heterocycles. The lowest BCUT2D eigenvalue weighted by atomic mass is 9.81. The van der Waals surface area contributed by atoms with Gasteiger partial charge in [-0.05, 0) is 119 Å². The van der Waals surface area contributed by atoms with Crippen LogP contribution in [0.25, 0.3) is 111 Å². The summed E-state index contributed by atoms with van der Waals surface area (Å²) in [5.74, 6) is 0.700. The van der Waals surface area contributed by atoms with Crippen molar-refractivity contribution in [2.75, 3.05) is 0 Å². The summed E-state index contributed by atoms with van der Waals surface area (Å²) < 4.78 is 0. The van der Waals surface area contributed by atoms with Crippen molar-refractivity contribution in [1.29, 1.82) is 0 Å². The fourth-order valence-corrected chi connectivity index (χ4v) is 10.2. The minimum Gasteiger partial charge on any atom is -0.228 e. The van der Waals surface area contributed by atoms with Gasteiger partial charge in [0.25, 0.3) is 0 Å². The Kier molecular flexibility index (Phi) is 9.21. The minimum atomic E-state index is -0.100. The van der Waals surface area contributed by atoms with E-state index in [1.165, 1.54) is 82.9 Å². The smallest absolute Gasteiger partial charge is 0.160 e. The average molecular weight is 829 g/mol. The first-order valence-corrected chi connectivity index (χ1v) is 22.5. The van der Waals surface area contributed by atoms with E-state index >= 15 is 0 Å². The van der Waals surface area contributed by atoms with Crippen LogP contribution in [-0.4, -0.2) is 9.97 Å². The molecule has 10 aromatic carbocycles. The number of hydrogen-bond donors (Lipinski definition) is 0. The van der Waals surface area contributed by atoms with E-state index < -0.39 is 0 Å². The standard InChI is InChI=1S/C63H44N2/c1-63(2)58-27-14-13-25-55(58)56-33-32-46(39-59(56)63)47-36-48(51-26-15-21-43-18-9-10-22-50(43)51)38-49(37-47)52-34-35-57(54-24-12-11-23-53(52)54)61-40-60(64-62(65-61)45-19-7-4-8-20-45)44-30-28-42(29-31-44)41-16-5-3-6-17-41/h3-40H,1-2H3. The molecular weight excluding hydrogens is 785 g/mol. The Balaban J connectivity index is 1.03.